The van der Waals surface area contributed by atoms with Crippen molar-refractivity contribution >= 4 is 71.2 Å². The van der Waals surface area contributed by atoms with Gasteiger partial charge in [0.05, 0.1) is 0 Å². The third-order valence-electron chi connectivity index (χ3n) is 10.6. The van der Waals surface area contributed by atoms with Gasteiger partial charge in [-0.2, -0.15) is 0 Å². The molecule has 6 heteroatoms. The van der Waals surface area contributed by atoms with E-state index in [1.807, 2.05) is 197 Å². The van der Waals surface area contributed by atoms with E-state index in [-0.39, 0.29) is 17.7 Å². The summed E-state index contributed by atoms with van der Waals surface area (Å²) in [5, 5.41) is 0. The van der Waals surface area contributed by atoms with Crippen molar-refractivity contribution in [1.29, 1.82) is 0 Å². The van der Waals surface area contributed by atoms with Crippen LogP contribution in [0.4, 0.5) is 17.1 Å². The lowest BCUT2D eigenvalue weighted by Gasteiger charge is -2.23. The normalized spacial score (nSPS) is 13.4. The Balaban J connectivity index is 1.19. The van der Waals surface area contributed by atoms with Gasteiger partial charge < -0.3 is 14.7 Å². The number of amides is 3. The Hall–Kier alpha value is -7.05. The summed E-state index contributed by atoms with van der Waals surface area (Å²) in [6.07, 6.45) is 14.7. The van der Waals surface area contributed by atoms with Gasteiger partial charge in [0.1, 0.15) is 0 Å². The first-order valence-electron chi connectivity index (χ1n) is 20.9. The molecule has 10 heterocycles. The minimum Gasteiger partial charge on any atom is -0.308 e. The fraction of sp³-hybridized carbons (Fsp3) is 0.167. The van der Waals surface area contributed by atoms with E-state index in [4.69, 9.17) is 0 Å². The third kappa shape index (κ3) is 9.96. The molecule has 0 aromatic heterocycles. The van der Waals surface area contributed by atoms with Crippen molar-refractivity contribution in [2.75, 3.05) is 34.3 Å². The second-order valence-electron chi connectivity index (χ2n) is 15.0. The summed E-state index contributed by atoms with van der Waals surface area (Å²) in [4.78, 5) is 46.9. The monoisotopic (exact) mass is 789 g/mol. The molecular formula is C54H51N3O3. The predicted octanol–water partition coefficient (Wildman–Crippen LogP) is 12.7. The van der Waals surface area contributed by atoms with E-state index >= 15 is 0 Å². The van der Waals surface area contributed by atoms with E-state index in [0.717, 1.165) is 69.7 Å². The molecule has 16 rings (SSSR count). The summed E-state index contributed by atoms with van der Waals surface area (Å²) in [5.41, 5.74) is 10.4. The van der Waals surface area contributed by atoms with Crippen molar-refractivity contribution in [3.05, 3.63) is 196 Å². The molecule has 0 atom stereocenters. The topological polar surface area (TPSA) is 60.9 Å². The summed E-state index contributed by atoms with van der Waals surface area (Å²) in [6, 6.07) is 47.2. The standard InChI is InChI=1S/C54H51N3O3/c1-4-37-55-49-31-19-43(20-32-49)10-7-41-15-27-47(28-16-41)53(59)57(39-6-3)51-35-23-45(24-36-51)12-9-42-17-29-48(30-18-42)54(60)56(38-5-2)50-33-21-44(22-34-50)11-8-40-13-25-46(26-14-40)52(55)58/h7-36H,4-6,37-39H2,1-3H3. The van der Waals surface area contributed by atoms with Gasteiger partial charge in [-0.15, -0.1) is 0 Å². The van der Waals surface area contributed by atoms with Crippen LogP contribution in [0, 0.1) is 0 Å². The number of benzene rings is 6. The molecule has 0 saturated heterocycles. The van der Waals surface area contributed by atoms with Crippen molar-refractivity contribution in [2.45, 2.75) is 40.0 Å². The Morgan fingerprint density at radius 3 is 0.650 bits per heavy atom. The second-order valence-corrected chi connectivity index (χ2v) is 15.0. The van der Waals surface area contributed by atoms with E-state index in [1.54, 1.807) is 0 Å². The molecule has 10 aliphatic heterocycles. The molecular weight excluding hydrogens is 739 g/mol. The molecule has 3 amide bonds. The molecule has 0 radical (unpaired) electrons. The first-order valence-corrected chi connectivity index (χ1v) is 20.9. The zero-order chi connectivity index (χ0) is 41.8. The van der Waals surface area contributed by atoms with Gasteiger partial charge in [-0.05, 0) is 125 Å². The SMILES string of the molecule is CCCN1C(=O)c2ccc(cc2)C=Cc2ccc(cc2)N(CCC)C(=O)c2ccc(cc2)C=Cc2ccc(cc2)N(CCC)C(=O)c2ccc(cc2)C=Cc2ccc1cc2. The maximum absolute atomic E-state index is 13.8. The maximum atomic E-state index is 13.8. The van der Waals surface area contributed by atoms with Crippen molar-refractivity contribution in [1.82, 2.24) is 0 Å². The zero-order valence-corrected chi connectivity index (χ0v) is 34.6. The van der Waals surface area contributed by atoms with Gasteiger partial charge in [0.25, 0.3) is 17.7 Å². The number of nitrogens with zero attached hydrogens (tertiary/aromatic N) is 3. The molecule has 6 aromatic rings. The number of hydrogen-bond acceptors (Lipinski definition) is 3. The van der Waals surface area contributed by atoms with Crippen molar-refractivity contribution in [2.24, 2.45) is 0 Å². The van der Waals surface area contributed by atoms with Gasteiger partial charge in [-0.1, -0.05) is 130 Å². The molecule has 0 unspecified atom stereocenters. The minimum atomic E-state index is -0.0439. The Kier molecular flexibility index (Phi) is 13.4. The molecule has 0 saturated carbocycles. The summed E-state index contributed by atoms with van der Waals surface area (Å²) in [5.74, 6) is -0.132. The van der Waals surface area contributed by atoms with Crippen molar-refractivity contribution in [3.63, 3.8) is 0 Å². The molecule has 0 N–H and O–H groups in total. The number of carbonyl (C=O) groups is 3. The van der Waals surface area contributed by atoms with Crippen LogP contribution in [0.15, 0.2) is 146 Å². The fourth-order valence-corrected chi connectivity index (χ4v) is 7.27. The first kappa shape index (κ1) is 41.1. The number of anilines is 3. The largest absolute Gasteiger partial charge is 0.308 e. The van der Waals surface area contributed by atoms with Crippen LogP contribution in [0.3, 0.4) is 0 Å². The fourth-order valence-electron chi connectivity index (χ4n) is 7.27. The molecule has 0 aliphatic carbocycles. The number of rotatable bonds is 6. The molecule has 6 aromatic carbocycles. The molecule has 0 fully saturated rings. The van der Waals surface area contributed by atoms with Gasteiger partial charge in [0, 0.05) is 53.4 Å². The van der Waals surface area contributed by atoms with E-state index < -0.39 is 0 Å². The first-order chi connectivity index (χ1) is 29.3. The Morgan fingerprint density at radius 1 is 0.283 bits per heavy atom. The molecule has 12 bridgehead atoms. The van der Waals surface area contributed by atoms with Gasteiger partial charge in [0.15, 0.2) is 0 Å². The van der Waals surface area contributed by atoms with Crippen LogP contribution in [0.25, 0.3) is 36.5 Å². The van der Waals surface area contributed by atoms with E-state index in [2.05, 4.69) is 20.8 Å². The van der Waals surface area contributed by atoms with E-state index in [9.17, 15) is 14.4 Å². The predicted molar refractivity (Wildman–Crippen MR) is 251 cm³/mol. The lowest BCUT2D eigenvalue weighted by molar-refractivity contribution is 0.0979. The number of hydrogen-bond donors (Lipinski definition) is 0. The highest BCUT2D eigenvalue weighted by Gasteiger charge is 2.20. The molecule has 300 valence electrons. The van der Waals surface area contributed by atoms with Crippen LogP contribution in [0.2, 0.25) is 0 Å². The maximum Gasteiger partial charge on any atom is 0.258 e. The van der Waals surface area contributed by atoms with Crippen molar-refractivity contribution < 1.29 is 14.4 Å². The van der Waals surface area contributed by atoms with Crippen LogP contribution in [-0.2, 0) is 0 Å². The summed E-state index contributed by atoms with van der Waals surface area (Å²) in [7, 11) is 0. The second kappa shape index (κ2) is 19.6. The Morgan fingerprint density at radius 2 is 0.467 bits per heavy atom. The smallest absolute Gasteiger partial charge is 0.258 e. The van der Waals surface area contributed by atoms with Crippen LogP contribution >= 0.6 is 0 Å². The van der Waals surface area contributed by atoms with Gasteiger partial charge in [-0.3, -0.25) is 14.4 Å². The average Bonchev–Trinajstić information content (AvgIpc) is 3.30. The highest BCUT2D eigenvalue weighted by atomic mass is 16.2. The minimum absolute atomic E-state index is 0.0439. The molecule has 6 nitrogen and oxygen atoms in total. The average molecular weight is 790 g/mol. The van der Waals surface area contributed by atoms with Crippen molar-refractivity contribution in [3.8, 4) is 0 Å². The summed E-state index contributed by atoms with van der Waals surface area (Å²) >= 11 is 0. The highest BCUT2D eigenvalue weighted by Crippen LogP contribution is 2.25. The Labute approximate surface area is 354 Å². The summed E-state index contributed by atoms with van der Waals surface area (Å²) < 4.78 is 0. The zero-order valence-electron chi connectivity index (χ0n) is 34.6. The van der Waals surface area contributed by atoms with Gasteiger partial charge >= 0.3 is 0 Å². The van der Waals surface area contributed by atoms with Crippen LogP contribution < -0.4 is 14.7 Å². The van der Waals surface area contributed by atoms with E-state index in [1.165, 1.54) is 0 Å². The number of carbonyl (C=O) groups excluding carboxylic acids is 3. The Bertz CT molecular complexity index is 2200. The van der Waals surface area contributed by atoms with Crippen LogP contribution in [-0.4, -0.2) is 37.4 Å². The van der Waals surface area contributed by atoms with Gasteiger partial charge in [0.2, 0.25) is 0 Å². The van der Waals surface area contributed by atoms with Gasteiger partial charge in [-0.25, -0.2) is 0 Å². The van der Waals surface area contributed by atoms with Crippen LogP contribution in [0.5, 0.6) is 0 Å². The third-order valence-corrected chi connectivity index (χ3v) is 10.6. The lowest BCUT2D eigenvalue weighted by Crippen LogP contribution is -2.31. The highest BCUT2D eigenvalue weighted by molar-refractivity contribution is 6.08. The quantitative estimate of drug-likeness (QED) is 0.169. The molecule has 10 aliphatic rings. The molecule has 0 spiro atoms. The molecule has 60 heavy (non-hydrogen) atoms. The lowest BCUT2D eigenvalue weighted by atomic mass is 10.1. The van der Waals surface area contributed by atoms with Crippen LogP contribution in [0.1, 0.15) is 104 Å². The summed E-state index contributed by atoms with van der Waals surface area (Å²) in [6.45, 7) is 8.02. The van der Waals surface area contributed by atoms with E-state index in [0.29, 0.717) is 36.3 Å².